The molecule has 19 heavy (non-hydrogen) atoms. The summed E-state index contributed by atoms with van der Waals surface area (Å²) in [6.07, 6.45) is 1.93. The molecule has 4 nitrogen and oxygen atoms in total. The fourth-order valence-corrected chi connectivity index (χ4v) is 3.80. The lowest BCUT2D eigenvalue weighted by Gasteiger charge is -2.16. The van der Waals surface area contributed by atoms with Crippen molar-refractivity contribution in [2.75, 3.05) is 13.1 Å². The molecule has 0 aliphatic carbocycles. The summed E-state index contributed by atoms with van der Waals surface area (Å²) >= 11 is 0. The largest absolute Gasteiger partial charge is 0.310 e. The van der Waals surface area contributed by atoms with Crippen LogP contribution < -0.4 is 5.32 Å². The summed E-state index contributed by atoms with van der Waals surface area (Å²) in [4.78, 5) is 0.414. The maximum absolute atomic E-state index is 12.4. The van der Waals surface area contributed by atoms with E-state index in [1.54, 1.807) is 16.4 Å². The molecule has 0 spiro atoms. The number of nitrogens with one attached hydrogen (secondary N) is 1. The van der Waals surface area contributed by atoms with Crippen LogP contribution in [0, 0.1) is 0 Å². The Kier molecular flexibility index (Phi) is 4.60. The van der Waals surface area contributed by atoms with Gasteiger partial charge in [0, 0.05) is 25.7 Å². The summed E-state index contributed by atoms with van der Waals surface area (Å²) in [5, 5.41) is 3.30. The van der Waals surface area contributed by atoms with Crippen LogP contribution in [0.1, 0.15) is 32.3 Å². The highest BCUT2D eigenvalue weighted by atomic mass is 32.2. The van der Waals surface area contributed by atoms with Crippen molar-refractivity contribution in [2.24, 2.45) is 0 Å². The van der Waals surface area contributed by atoms with Gasteiger partial charge in [-0.2, -0.15) is 4.31 Å². The van der Waals surface area contributed by atoms with Crippen LogP contribution in [-0.2, 0) is 16.6 Å². The Morgan fingerprint density at radius 3 is 2.58 bits per heavy atom. The number of sulfonamides is 1. The number of rotatable bonds is 5. The van der Waals surface area contributed by atoms with Crippen molar-refractivity contribution in [1.82, 2.24) is 9.62 Å². The van der Waals surface area contributed by atoms with Gasteiger partial charge in [0.05, 0.1) is 4.90 Å². The lowest BCUT2D eigenvalue weighted by molar-refractivity contribution is 0.477. The quantitative estimate of drug-likeness (QED) is 0.898. The number of hydrogen-bond acceptors (Lipinski definition) is 3. The van der Waals surface area contributed by atoms with E-state index in [2.05, 4.69) is 19.2 Å². The van der Waals surface area contributed by atoms with Crippen LogP contribution in [0.25, 0.3) is 0 Å². The van der Waals surface area contributed by atoms with Gasteiger partial charge in [-0.25, -0.2) is 8.42 Å². The standard InChI is InChI=1S/C14H22N2O2S/c1-12(2)15-11-13-6-5-7-14(10-13)19(17,18)16-8-3-4-9-16/h5-7,10,12,15H,3-4,8-9,11H2,1-2H3. The zero-order valence-corrected chi connectivity index (χ0v) is 12.4. The van der Waals surface area contributed by atoms with Gasteiger partial charge < -0.3 is 5.32 Å². The Labute approximate surface area is 115 Å². The Hall–Kier alpha value is -0.910. The molecule has 1 heterocycles. The fraction of sp³-hybridized carbons (Fsp3) is 0.571. The van der Waals surface area contributed by atoms with Gasteiger partial charge in [0.2, 0.25) is 10.0 Å². The summed E-state index contributed by atoms with van der Waals surface area (Å²) in [6, 6.07) is 7.63. The lowest BCUT2D eigenvalue weighted by Crippen LogP contribution is -2.28. The second kappa shape index (κ2) is 6.03. The van der Waals surface area contributed by atoms with Gasteiger partial charge in [0.1, 0.15) is 0 Å². The van der Waals surface area contributed by atoms with Crippen molar-refractivity contribution in [3.8, 4) is 0 Å². The van der Waals surface area contributed by atoms with Crippen LogP contribution in [0.3, 0.4) is 0 Å². The van der Waals surface area contributed by atoms with Gasteiger partial charge in [-0.15, -0.1) is 0 Å². The first-order valence-electron chi connectivity index (χ1n) is 6.82. The minimum atomic E-state index is -3.29. The molecule has 0 saturated carbocycles. The average Bonchev–Trinajstić information content (AvgIpc) is 2.91. The summed E-state index contributed by atoms with van der Waals surface area (Å²) in [7, 11) is -3.29. The van der Waals surface area contributed by atoms with E-state index >= 15 is 0 Å². The van der Waals surface area contributed by atoms with Crippen molar-refractivity contribution in [1.29, 1.82) is 0 Å². The van der Waals surface area contributed by atoms with E-state index in [0.29, 0.717) is 30.6 Å². The Bertz CT molecular complexity index is 520. The molecule has 5 heteroatoms. The molecular weight excluding hydrogens is 260 g/mol. The van der Waals surface area contributed by atoms with Gasteiger partial charge in [0.25, 0.3) is 0 Å². The molecule has 1 N–H and O–H groups in total. The molecule has 0 bridgehead atoms. The van der Waals surface area contributed by atoms with E-state index in [1.807, 2.05) is 12.1 Å². The van der Waals surface area contributed by atoms with E-state index in [0.717, 1.165) is 18.4 Å². The highest BCUT2D eigenvalue weighted by molar-refractivity contribution is 7.89. The molecule has 1 fully saturated rings. The smallest absolute Gasteiger partial charge is 0.243 e. The topological polar surface area (TPSA) is 49.4 Å². The highest BCUT2D eigenvalue weighted by Gasteiger charge is 2.27. The number of hydrogen-bond donors (Lipinski definition) is 1. The third-order valence-corrected chi connectivity index (χ3v) is 5.21. The van der Waals surface area contributed by atoms with Crippen molar-refractivity contribution in [3.05, 3.63) is 29.8 Å². The van der Waals surface area contributed by atoms with E-state index in [1.165, 1.54) is 0 Å². The van der Waals surface area contributed by atoms with Crippen LogP contribution in [0.15, 0.2) is 29.2 Å². The predicted octanol–water partition coefficient (Wildman–Crippen LogP) is 1.97. The van der Waals surface area contributed by atoms with Crippen molar-refractivity contribution < 1.29 is 8.42 Å². The Morgan fingerprint density at radius 2 is 1.95 bits per heavy atom. The lowest BCUT2D eigenvalue weighted by atomic mass is 10.2. The Morgan fingerprint density at radius 1 is 1.26 bits per heavy atom. The first-order chi connectivity index (χ1) is 9.00. The molecule has 1 saturated heterocycles. The van der Waals surface area contributed by atoms with Crippen LogP contribution in [-0.4, -0.2) is 31.9 Å². The minimum absolute atomic E-state index is 0.388. The molecular formula is C14H22N2O2S. The first kappa shape index (κ1) is 14.5. The molecule has 1 aliphatic rings. The molecule has 106 valence electrons. The molecule has 1 aromatic rings. The zero-order chi connectivity index (χ0) is 13.9. The summed E-state index contributed by atoms with van der Waals surface area (Å²) < 4.78 is 26.4. The van der Waals surface area contributed by atoms with Gasteiger partial charge in [-0.1, -0.05) is 26.0 Å². The van der Waals surface area contributed by atoms with Gasteiger partial charge in [-0.3, -0.25) is 0 Å². The van der Waals surface area contributed by atoms with E-state index in [-0.39, 0.29) is 0 Å². The van der Waals surface area contributed by atoms with Gasteiger partial charge in [0.15, 0.2) is 0 Å². The molecule has 0 amide bonds. The molecule has 0 aromatic heterocycles. The maximum atomic E-state index is 12.4. The Balaban J connectivity index is 2.17. The van der Waals surface area contributed by atoms with Gasteiger partial charge in [-0.05, 0) is 30.5 Å². The fourth-order valence-electron chi connectivity index (χ4n) is 2.22. The van der Waals surface area contributed by atoms with Crippen molar-refractivity contribution in [2.45, 2.75) is 44.2 Å². The molecule has 2 rings (SSSR count). The summed E-state index contributed by atoms with van der Waals surface area (Å²) in [5.74, 6) is 0. The second-order valence-electron chi connectivity index (χ2n) is 5.29. The number of benzene rings is 1. The minimum Gasteiger partial charge on any atom is -0.310 e. The second-order valence-corrected chi connectivity index (χ2v) is 7.23. The SMILES string of the molecule is CC(C)NCc1cccc(S(=O)(=O)N2CCCC2)c1. The van der Waals surface area contributed by atoms with Crippen LogP contribution in [0.4, 0.5) is 0 Å². The molecule has 1 aliphatic heterocycles. The van der Waals surface area contributed by atoms with E-state index in [9.17, 15) is 8.42 Å². The highest BCUT2D eigenvalue weighted by Crippen LogP contribution is 2.21. The first-order valence-corrected chi connectivity index (χ1v) is 8.26. The van der Waals surface area contributed by atoms with Crippen LogP contribution >= 0.6 is 0 Å². The third-order valence-electron chi connectivity index (χ3n) is 3.32. The van der Waals surface area contributed by atoms with E-state index in [4.69, 9.17) is 0 Å². The molecule has 1 aromatic carbocycles. The maximum Gasteiger partial charge on any atom is 0.243 e. The molecule has 0 radical (unpaired) electrons. The third kappa shape index (κ3) is 3.55. The number of nitrogens with zero attached hydrogens (tertiary/aromatic N) is 1. The normalized spacial score (nSPS) is 17.2. The summed E-state index contributed by atoms with van der Waals surface area (Å²) in [5.41, 5.74) is 1.01. The average molecular weight is 282 g/mol. The molecule has 0 unspecified atom stereocenters. The van der Waals surface area contributed by atoms with Crippen molar-refractivity contribution in [3.63, 3.8) is 0 Å². The van der Waals surface area contributed by atoms with Crippen molar-refractivity contribution >= 4 is 10.0 Å². The van der Waals surface area contributed by atoms with Gasteiger partial charge >= 0.3 is 0 Å². The van der Waals surface area contributed by atoms with E-state index < -0.39 is 10.0 Å². The van der Waals surface area contributed by atoms with Crippen LogP contribution in [0.2, 0.25) is 0 Å². The zero-order valence-electron chi connectivity index (χ0n) is 11.6. The summed E-state index contributed by atoms with van der Waals surface area (Å²) in [6.45, 7) is 6.14. The predicted molar refractivity (Wildman–Crippen MR) is 76.4 cm³/mol. The molecule has 0 atom stereocenters. The van der Waals surface area contributed by atoms with Crippen LogP contribution in [0.5, 0.6) is 0 Å². The monoisotopic (exact) mass is 282 g/mol.